The number of piperidine rings is 1. The fourth-order valence-electron chi connectivity index (χ4n) is 3.04. The SMILES string of the molecule is C[C@@H]1C[C@H](NC(=O)OC(C)(C)C)CN(c2ccc(F)cc2[N+](=O)[O-])C1. The average Bonchev–Trinajstić information content (AvgIpc) is 2.44. The Balaban J connectivity index is 2.15. The Morgan fingerprint density at radius 1 is 1.40 bits per heavy atom. The van der Waals surface area contributed by atoms with Crippen LogP contribution in [0.4, 0.5) is 20.6 Å². The van der Waals surface area contributed by atoms with E-state index in [1.165, 1.54) is 12.1 Å². The molecule has 0 aromatic heterocycles. The number of amides is 1. The first-order valence-electron chi connectivity index (χ1n) is 8.23. The lowest BCUT2D eigenvalue weighted by atomic mass is 9.95. The number of carbonyl (C=O) groups excluding carboxylic acids is 1. The maximum Gasteiger partial charge on any atom is 0.407 e. The zero-order valence-corrected chi connectivity index (χ0v) is 14.9. The van der Waals surface area contributed by atoms with Crippen molar-refractivity contribution in [2.75, 3.05) is 18.0 Å². The van der Waals surface area contributed by atoms with E-state index < -0.39 is 22.4 Å². The summed E-state index contributed by atoms with van der Waals surface area (Å²) in [6.07, 6.45) is 0.227. The molecule has 138 valence electrons. The molecule has 1 amide bonds. The van der Waals surface area contributed by atoms with Crippen LogP contribution in [0.15, 0.2) is 18.2 Å². The van der Waals surface area contributed by atoms with E-state index in [2.05, 4.69) is 5.32 Å². The monoisotopic (exact) mass is 353 g/mol. The topological polar surface area (TPSA) is 84.7 Å². The van der Waals surface area contributed by atoms with Crippen LogP contribution in [0, 0.1) is 21.8 Å². The minimum atomic E-state index is -0.649. The number of benzene rings is 1. The average molecular weight is 353 g/mol. The predicted octanol–water partition coefficient (Wildman–Crippen LogP) is 3.47. The Bertz CT molecular complexity index is 660. The number of alkyl carbamates (subject to hydrolysis) is 1. The third-order valence-corrected chi connectivity index (χ3v) is 3.86. The third kappa shape index (κ3) is 5.30. The van der Waals surface area contributed by atoms with Gasteiger partial charge < -0.3 is 15.0 Å². The molecule has 1 heterocycles. The number of hydrogen-bond acceptors (Lipinski definition) is 5. The highest BCUT2D eigenvalue weighted by atomic mass is 19.1. The van der Waals surface area contributed by atoms with Gasteiger partial charge >= 0.3 is 6.09 Å². The third-order valence-electron chi connectivity index (χ3n) is 3.86. The molecule has 0 aliphatic carbocycles. The summed E-state index contributed by atoms with van der Waals surface area (Å²) < 4.78 is 18.6. The quantitative estimate of drug-likeness (QED) is 0.664. The molecule has 25 heavy (non-hydrogen) atoms. The minimum Gasteiger partial charge on any atom is -0.444 e. The fourth-order valence-corrected chi connectivity index (χ4v) is 3.04. The van der Waals surface area contributed by atoms with E-state index in [-0.39, 0.29) is 17.6 Å². The molecule has 2 atom stereocenters. The molecule has 1 aromatic carbocycles. The summed E-state index contributed by atoms with van der Waals surface area (Å²) >= 11 is 0. The van der Waals surface area contributed by atoms with Gasteiger partial charge in [0.15, 0.2) is 0 Å². The maximum absolute atomic E-state index is 13.4. The lowest BCUT2D eigenvalue weighted by Crippen LogP contribution is -2.51. The number of nitro groups is 1. The maximum atomic E-state index is 13.4. The molecule has 0 bridgehead atoms. The van der Waals surface area contributed by atoms with Crippen LogP contribution in [0.2, 0.25) is 0 Å². The number of nitrogens with one attached hydrogen (secondary N) is 1. The first-order chi connectivity index (χ1) is 11.5. The van der Waals surface area contributed by atoms with Crippen molar-refractivity contribution in [1.82, 2.24) is 5.32 Å². The van der Waals surface area contributed by atoms with Gasteiger partial charge in [-0.2, -0.15) is 0 Å². The number of halogens is 1. The number of anilines is 1. The lowest BCUT2D eigenvalue weighted by molar-refractivity contribution is -0.384. The molecule has 0 radical (unpaired) electrons. The Hall–Kier alpha value is -2.38. The van der Waals surface area contributed by atoms with Crippen molar-refractivity contribution >= 4 is 17.5 Å². The van der Waals surface area contributed by atoms with Crippen molar-refractivity contribution in [3.05, 3.63) is 34.1 Å². The molecule has 1 fully saturated rings. The van der Waals surface area contributed by atoms with Crippen molar-refractivity contribution in [1.29, 1.82) is 0 Å². The van der Waals surface area contributed by atoms with Crippen LogP contribution in [-0.4, -0.2) is 35.7 Å². The summed E-state index contributed by atoms with van der Waals surface area (Å²) in [5.74, 6) is -0.442. The van der Waals surface area contributed by atoms with Gasteiger partial charge in [-0.3, -0.25) is 10.1 Å². The molecule has 1 aliphatic heterocycles. The lowest BCUT2D eigenvalue weighted by Gasteiger charge is -2.38. The van der Waals surface area contributed by atoms with Gasteiger partial charge in [0, 0.05) is 19.1 Å². The Morgan fingerprint density at radius 3 is 2.68 bits per heavy atom. The number of ether oxygens (including phenoxy) is 1. The molecule has 1 aromatic rings. The zero-order chi connectivity index (χ0) is 18.8. The molecule has 0 unspecified atom stereocenters. The number of rotatable bonds is 3. The number of nitrogens with zero attached hydrogens (tertiary/aromatic N) is 2. The molecule has 7 nitrogen and oxygen atoms in total. The van der Waals surface area contributed by atoms with Gasteiger partial charge in [0.25, 0.3) is 5.69 Å². The van der Waals surface area contributed by atoms with Crippen molar-refractivity contribution in [2.45, 2.75) is 45.8 Å². The molecule has 2 rings (SSSR count). The molecular formula is C17H24FN3O4. The van der Waals surface area contributed by atoms with Gasteiger partial charge in [-0.1, -0.05) is 6.92 Å². The minimum absolute atomic E-state index is 0.205. The Morgan fingerprint density at radius 2 is 2.08 bits per heavy atom. The van der Waals surface area contributed by atoms with Gasteiger partial charge in [-0.15, -0.1) is 0 Å². The molecule has 1 aliphatic rings. The van der Waals surface area contributed by atoms with E-state index in [1.807, 2.05) is 11.8 Å². The first-order valence-corrected chi connectivity index (χ1v) is 8.23. The van der Waals surface area contributed by atoms with Gasteiger partial charge in [0.05, 0.1) is 11.0 Å². The van der Waals surface area contributed by atoms with Crippen LogP contribution in [-0.2, 0) is 4.74 Å². The van der Waals surface area contributed by atoms with Crippen molar-refractivity contribution in [3.63, 3.8) is 0 Å². The standard InChI is InChI=1S/C17H24FN3O4/c1-11-7-13(19-16(22)25-17(2,3)4)10-20(9-11)14-6-5-12(18)8-15(14)21(23)24/h5-6,8,11,13H,7,9-10H2,1-4H3,(H,19,22)/t11-,13+/m1/s1. The number of nitro benzene ring substituents is 1. The van der Waals surface area contributed by atoms with Crippen LogP contribution in [0.5, 0.6) is 0 Å². The summed E-state index contributed by atoms with van der Waals surface area (Å²) in [5, 5.41) is 14.1. The second kappa shape index (κ2) is 7.25. The Labute approximate surface area is 146 Å². The summed E-state index contributed by atoms with van der Waals surface area (Å²) in [6, 6.07) is 3.34. The predicted molar refractivity (Wildman–Crippen MR) is 92.2 cm³/mol. The van der Waals surface area contributed by atoms with E-state index in [0.717, 1.165) is 12.5 Å². The van der Waals surface area contributed by atoms with E-state index in [4.69, 9.17) is 4.74 Å². The smallest absolute Gasteiger partial charge is 0.407 e. The van der Waals surface area contributed by atoms with Gasteiger partial charge in [-0.05, 0) is 45.2 Å². The summed E-state index contributed by atoms with van der Waals surface area (Å²) in [6.45, 7) is 8.35. The van der Waals surface area contributed by atoms with Crippen molar-refractivity contribution in [3.8, 4) is 0 Å². The van der Waals surface area contributed by atoms with Crippen LogP contribution in [0.25, 0.3) is 0 Å². The summed E-state index contributed by atoms with van der Waals surface area (Å²) in [5.41, 5.74) is -0.515. The highest BCUT2D eigenvalue weighted by molar-refractivity contribution is 5.69. The van der Waals surface area contributed by atoms with E-state index in [0.29, 0.717) is 18.8 Å². The Kier molecular flexibility index (Phi) is 5.49. The summed E-state index contributed by atoms with van der Waals surface area (Å²) in [4.78, 5) is 24.4. The normalized spacial score (nSPS) is 20.9. The van der Waals surface area contributed by atoms with E-state index in [9.17, 15) is 19.3 Å². The van der Waals surface area contributed by atoms with Crippen LogP contribution in [0.3, 0.4) is 0 Å². The number of carbonyl (C=O) groups is 1. The van der Waals surface area contributed by atoms with Gasteiger partial charge in [0.1, 0.15) is 17.1 Å². The second-order valence-corrected chi connectivity index (χ2v) is 7.48. The van der Waals surface area contributed by atoms with E-state index >= 15 is 0 Å². The largest absolute Gasteiger partial charge is 0.444 e. The molecule has 0 saturated carbocycles. The van der Waals surface area contributed by atoms with Crippen LogP contribution < -0.4 is 10.2 Å². The molecular weight excluding hydrogens is 329 g/mol. The zero-order valence-electron chi connectivity index (χ0n) is 14.9. The molecule has 8 heteroatoms. The van der Waals surface area contributed by atoms with E-state index in [1.54, 1.807) is 20.8 Å². The summed E-state index contributed by atoms with van der Waals surface area (Å²) in [7, 11) is 0. The highest BCUT2D eigenvalue weighted by Gasteiger charge is 2.31. The molecule has 1 saturated heterocycles. The second-order valence-electron chi connectivity index (χ2n) is 7.48. The number of hydrogen-bond donors (Lipinski definition) is 1. The van der Waals surface area contributed by atoms with Crippen molar-refractivity contribution < 1.29 is 18.8 Å². The van der Waals surface area contributed by atoms with Crippen molar-refractivity contribution in [2.24, 2.45) is 5.92 Å². The van der Waals surface area contributed by atoms with Crippen LogP contribution in [0.1, 0.15) is 34.1 Å². The fraction of sp³-hybridized carbons (Fsp3) is 0.588. The molecule has 1 N–H and O–H groups in total. The highest BCUT2D eigenvalue weighted by Crippen LogP contribution is 2.32. The molecule has 0 spiro atoms. The van der Waals surface area contributed by atoms with Gasteiger partial charge in [0.2, 0.25) is 0 Å². The first kappa shape index (κ1) is 19.0. The van der Waals surface area contributed by atoms with Gasteiger partial charge in [-0.25, -0.2) is 9.18 Å². The van der Waals surface area contributed by atoms with Crippen LogP contribution >= 0.6 is 0 Å².